The van der Waals surface area contributed by atoms with Crippen molar-refractivity contribution in [3.63, 3.8) is 0 Å². The highest BCUT2D eigenvalue weighted by molar-refractivity contribution is 14.0. The number of carbonyl (C=O) groups excluding carboxylic acids is 1. The lowest BCUT2D eigenvalue weighted by Crippen LogP contribution is -2.43. The molecule has 0 radical (unpaired) electrons. The zero-order chi connectivity index (χ0) is 19.9. The Kier molecular flexibility index (Phi) is 10.4. The minimum Gasteiger partial charge on any atom is -0.394 e. The van der Waals surface area contributed by atoms with E-state index in [1.807, 2.05) is 4.90 Å². The maximum atomic E-state index is 13.1. The van der Waals surface area contributed by atoms with Gasteiger partial charge in [0, 0.05) is 50.1 Å². The number of nitrogens with zero attached hydrogens (tertiary/aromatic N) is 4. The molecule has 1 unspecified atom stereocenters. The van der Waals surface area contributed by atoms with Gasteiger partial charge in [-0.1, -0.05) is 6.92 Å². The normalized spacial score (nSPS) is 28.0. The standard InChI is InChI=1S/C22H39N5O.HI/c1-3-10-24-20-9-8-18(26-14-7-11-25(2)15-16-26)17-19(20)21(23)22(28)27-12-5-4-6-13-27;/h18H,3-17,23H2,1-2H3;1H/b21-19-,24-20?;. The molecule has 3 fully saturated rings. The Morgan fingerprint density at radius 1 is 1.07 bits per heavy atom. The second kappa shape index (κ2) is 12.2. The first-order valence-corrected chi connectivity index (χ1v) is 11.3. The van der Waals surface area contributed by atoms with E-state index in [4.69, 9.17) is 10.7 Å². The zero-order valence-electron chi connectivity index (χ0n) is 18.4. The number of nitrogens with two attached hydrogens (primary N) is 1. The summed E-state index contributed by atoms with van der Waals surface area (Å²) in [5, 5.41) is 0. The molecule has 2 heterocycles. The van der Waals surface area contributed by atoms with Crippen LogP contribution in [0.25, 0.3) is 0 Å². The third-order valence-corrected chi connectivity index (χ3v) is 6.50. The van der Waals surface area contributed by atoms with Crippen LogP contribution in [-0.4, -0.2) is 85.2 Å². The van der Waals surface area contributed by atoms with Gasteiger partial charge in [0.1, 0.15) is 5.70 Å². The molecule has 2 saturated heterocycles. The van der Waals surface area contributed by atoms with Crippen LogP contribution >= 0.6 is 24.0 Å². The summed E-state index contributed by atoms with van der Waals surface area (Å²) in [7, 11) is 2.21. The van der Waals surface area contributed by atoms with Gasteiger partial charge in [0.25, 0.3) is 5.91 Å². The first kappa shape index (κ1) is 24.6. The molecule has 1 aliphatic carbocycles. The molecule has 0 bridgehead atoms. The van der Waals surface area contributed by atoms with Gasteiger partial charge in [0.15, 0.2) is 0 Å². The number of piperidine rings is 1. The summed E-state index contributed by atoms with van der Waals surface area (Å²) in [6.45, 7) is 9.20. The average Bonchev–Trinajstić information content (AvgIpc) is 2.96. The molecule has 0 aromatic heterocycles. The molecule has 2 N–H and O–H groups in total. The van der Waals surface area contributed by atoms with Gasteiger partial charge < -0.3 is 15.5 Å². The van der Waals surface area contributed by atoms with Crippen molar-refractivity contribution in [2.75, 3.05) is 52.9 Å². The van der Waals surface area contributed by atoms with E-state index in [1.54, 1.807) is 0 Å². The van der Waals surface area contributed by atoms with Crippen molar-refractivity contribution < 1.29 is 4.79 Å². The van der Waals surface area contributed by atoms with E-state index < -0.39 is 0 Å². The number of likely N-dealkylation sites (tertiary alicyclic amines) is 1. The second-order valence-electron chi connectivity index (χ2n) is 8.66. The number of hydrogen-bond acceptors (Lipinski definition) is 5. The Bertz CT molecular complexity index is 600. The summed E-state index contributed by atoms with van der Waals surface area (Å²) < 4.78 is 0. The van der Waals surface area contributed by atoms with E-state index in [0.717, 1.165) is 89.1 Å². The predicted molar refractivity (Wildman–Crippen MR) is 131 cm³/mol. The van der Waals surface area contributed by atoms with Gasteiger partial charge in [-0.15, -0.1) is 24.0 Å². The fraction of sp³-hybridized carbons (Fsp3) is 0.818. The first-order chi connectivity index (χ1) is 13.6. The number of halogens is 1. The second-order valence-corrected chi connectivity index (χ2v) is 8.66. The van der Waals surface area contributed by atoms with E-state index in [1.165, 1.54) is 19.4 Å². The smallest absolute Gasteiger partial charge is 0.270 e. The van der Waals surface area contributed by atoms with Crippen LogP contribution < -0.4 is 5.73 Å². The van der Waals surface area contributed by atoms with E-state index in [0.29, 0.717) is 11.7 Å². The van der Waals surface area contributed by atoms with Gasteiger partial charge in [-0.3, -0.25) is 14.7 Å². The quantitative estimate of drug-likeness (QED) is 0.460. The molecule has 0 aromatic carbocycles. The first-order valence-electron chi connectivity index (χ1n) is 11.3. The highest BCUT2D eigenvalue weighted by Gasteiger charge is 2.31. The minimum absolute atomic E-state index is 0. The molecule has 7 heteroatoms. The molecule has 29 heavy (non-hydrogen) atoms. The summed E-state index contributed by atoms with van der Waals surface area (Å²) in [4.78, 5) is 24.9. The Labute approximate surface area is 194 Å². The van der Waals surface area contributed by atoms with Crippen molar-refractivity contribution >= 4 is 35.6 Å². The van der Waals surface area contributed by atoms with E-state index >= 15 is 0 Å². The molecular weight excluding hydrogens is 477 g/mol. The zero-order valence-corrected chi connectivity index (χ0v) is 20.7. The minimum atomic E-state index is 0. The molecular formula is C22H40IN5O. The van der Waals surface area contributed by atoms with Crippen LogP contribution in [0.3, 0.4) is 0 Å². The molecule has 6 nitrogen and oxygen atoms in total. The SMILES string of the molecule is CCCN=C1CCC(N2CCCN(C)CC2)C/C1=C(/N)C(=O)N1CCCCC1.I. The Morgan fingerprint density at radius 2 is 1.83 bits per heavy atom. The maximum absolute atomic E-state index is 13.1. The molecule has 0 aromatic rings. The van der Waals surface area contributed by atoms with Crippen molar-refractivity contribution in [3.8, 4) is 0 Å². The fourth-order valence-corrected chi connectivity index (χ4v) is 4.74. The highest BCUT2D eigenvalue weighted by atomic mass is 127. The van der Waals surface area contributed by atoms with Crippen LogP contribution in [0.15, 0.2) is 16.3 Å². The molecule has 1 atom stereocenters. The van der Waals surface area contributed by atoms with E-state index in [-0.39, 0.29) is 29.9 Å². The molecule has 0 spiro atoms. The molecule has 3 rings (SSSR count). The molecule has 2 aliphatic heterocycles. The van der Waals surface area contributed by atoms with Crippen molar-refractivity contribution in [1.29, 1.82) is 0 Å². The summed E-state index contributed by atoms with van der Waals surface area (Å²) in [5.41, 5.74) is 9.11. The summed E-state index contributed by atoms with van der Waals surface area (Å²) in [5.74, 6) is 0.0372. The number of likely N-dealkylation sites (N-methyl/N-ethyl adjacent to an activating group) is 1. The topological polar surface area (TPSA) is 65.2 Å². The van der Waals surface area contributed by atoms with Crippen molar-refractivity contribution in [2.24, 2.45) is 10.7 Å². The van der Waals surface area contributed by atoms with Crippen LogP contribution in [0.2, 0.25) is 0 Å². The van der Waals surface area contributed by atoms with Gasteiger partial charge in [-0.2, -0.15) is 0 Å². The van der Waals surface area contributed by atoms with Gasteiger partial charge in [-0.25, -0.2) is 0 Å². The fourth-order valence-electron chi connectivity index (χ4n) is 4.74. The van der Waals surface area contributed by atoms with Crippen LogP contribution in [0.5, 0.6) is 0 Å². The monoisotopic (exact) mass is 517 g/mol. The molecule has 166 valence electrons. The van der Waals surface area contributed by atoms with Crippen molar-refractivity contribution in [1.82, 2.24) is 14.7 Å². The van der Waals surface area contributed by atoms with E-state index in [9.17, 15) is 4.79 Å². The molecule has 1 amide bonds. The largest absolute Gasteiger partial charge is 0.394 e. The number of carbonyl (C=O) groups is 1. The number of aliphatic imine (C=N–C) groups is 1. The third-order valence-electron chi connectivity index (χ3n) is 6.50. The van der Waals surface area contributed by atoms with Crippen molar-refractivity contribution in [2.45, 2.75) is 64.3 Å². The summed E-state index contributed by atoms with van der Waals surface area (Å²) in [6.07, 6.45) is 8.58. The van der Waals surface area contributed by atoms with Crippen LogP contribution in [0, 0.1) is 0 Å². The summed E-state index contributed by atoms with van der Waals surface area (Å²) >= 11 is 0. The van der Waals surface area contributed by atoms with Crippen LogP contribution in [-0.2, 0) is 4.79 Å². The number of hydrogen-bond donors (Lipinski definition) is 1. The van der Waals surface area contributed by atoms with Gasteiger partial charge in [0.2, 0.25) is 0 Å². The highest BCUT2D eigenvalue weighted by Crippen LogP contribution is 2.29. The summed E-state index contributed by atoms with van der Waals surface area (Å²) in [6, 6.07) is 0.481. The average molecular weight is 518 g/mol. The molecule has 1 saturated carbocycles. The Morgan fingerprint density at radius 3 is 2.55 bits per heavy atom. The van der Waals surface area contributed by atoms with Gasteiger partial charge >= 0.3 is 0 Å². The number of amides is 1. The van der Waals surface area contributed by atoms with E-state index in [2.05, 4.69) is 23.8 Å². The number of rotatable bonds is 4. The van der Waals surface area contributed by atoms with Gasteiger partial charge in [0.05, 0.1) is 0 Å². The third kappa shape index (κ3) is 6.66. The lowest BCUT2D eigenvalue weighted by molar-refractivity contribution is -0.128. The Hall–Kier alpha value is -0.670. The Balaban J connectivity index is 0.00000300. The lowest BCUT2D eigenvalue weighted by Gasteiger charge is -2.36. The van der Waals surface area contributed by atoms with Crippen LogP contribution in [0.4, 0.5) is 0 Å². The predicted octanol–water partition coefficient (Wildman–Crippen LogP) is 2.87. The van der Waals surface area contributed by atoms with Crippen molar-refractivity contribution in [3.05, 3.63) is 11.3 Å². The van der Waals surface area contributed by atoms with Crippen LogP contribution in [0.1, 0.15) is 58.3 Å². The van der Waals surface area contributed by atoms with Gasteiger partial charge in [-0.05, 0) is 71.5 Å². The molecule has 3 aliphatic rings. The lowest BCUT2D eigenvalue weighted by atomic mass is 9.86. The maximum Gasteiger partial charge on any atom is 0.270 e.